The molecule has 28 heavy (non-hydrogen) atoms. The maximum atomic E-state index is 13.5. The number of carbonyl (C=O) groups is 1. The second-order valence-corrected chi connectivity index (χ2v) is 7.27. The van der Waals surface area contributed by atoms with Crippen molar-refractivity contribution in [1.29, 1.82) is 0 Å². The van der Waals surface area contributed by atoms with Gasteiger partial charge in [-0.3, -0.25) is 19.8 Å². The second-order valence-electron chi connectivity index (χ2n) is 7.27. The van der Waals surface area contributed by atoms with Crippen molar-refractivity contribution in [2.75, 3.05) is 12.0 Å². The molecule has 0 aliphatic carbocycles. The molecule has 1 amide bonds. The summed E-state index contributed by atoms with van der Waals surface area (Å²) in [5.74, 6) is 0.419. The van der Waals surface area contributed by atoms with E-state index in [0.29, 0.717) is 23.0 Å². The Hall–Kier alpha value is -3.22. The van der Waals surface area contributed by atoms with Crippen LogP contribution in [-0.4, -0.2) is 28.2 Å². The van der Waals surface area contributed by atoms with E-state index in [1.165, 1.54) is 12.1 Å². The number of aromatic nitrogens is 3. The number of methoxy groups -OCH3 is 1. The van der Waals surface area contributed by atoms with Crippen LogP contribution < -0.4 is 9.64 Å². The van der Waals surface area contributed by atoms with Crippen molar-refractivity contribution in [2.45, 2.75) is 26.3 Å². The summed E-state index contributed by atoms with van der Waals surface area (Å²) in [6.45, 7) is 4.21. The van der Waals surface area contributed by atoms with E-state index >= 15 is 0 Å². The molecule has 0 bridgehead atoms. The van der Waals surface area contributed by atoms with E-state index in [1.807, 2.05) is 0 Å². The van der Waals surface area contributed by atoms with Crippen molar-refractivity contribution in [3.8, 4) is 5.75 Å². The van der Waals surface area contributed by atoms with E-state index in [-0.39, 0.29) is 11.7 Å². The largest absolute Gasteiger partial charge is 0.495 e. The summed E-state index contributed by atoms with van der Waals surface area (Å²) in [6, 6.07) is 7.57. The van der Waals surface area contributed by atoms with E-state index in [0.717, 1.165) is 23.2 Å². The monoisotopic (exact) mass is 380 g/mol. The molecule has 1 aliphatic heterocycles. The van der Waals surface area contributed by atoms with E-state index < -0.39 is 6.04 Å². The zero-order valence-electron chi connectivity index (χ0n) is 15.9. The zero-order valence-corrected chi connectivity index (χ0v) is 15.9. The number of amides is 1. The number of pyridine rings is 1. The lowest BCUT2D eigenvalue weighted by Gasteiger charge is -2.26. The van der Waals surface area contributed by atoms with Crippen molar-refractivity contribution in [1.82, 2.24) is 15.2 Å². The molecule has 1 N–H and O–H groups in total. The molecule has 7 heteroatoms. The number of benzene rings is 1. The molecule has 0 radical (unpaired) electrons. The van der Waals surface area contributed by atoms with Crippen LogP contribution in [0.15, 0.2) is 42.7 Å². The predicted molar refractivity (Wildman–Crippen MR) is 103 cm³/mol. The number of aromatic amines is 1. The number of anilines is 1. The molecule has 1 atom stereocenters. The fourth-order valence-electron chi connectivity index (χ4n) is 3.63. The molecule has 2 aromatic heterocycles. The Morgan fingerprint density at radius 2 is 2.00 bits per heavy atom. The predicted octanol–water partition coefficient (Wildman–Crippen LogP) is 3.90. The van der Waals surface area contributed by atoms with Gasteiger partial charge in [0.05, 0.1) is 36.9 Å². The highest BCUT2D eigenvalue weighted by Crippen LogP contribution is 2.43. The van der Waals surface area contributed by atoms with E-state index in [1.54, 1.807) is 42.6 Å². The zero-order chi connectivity index (χ0) is 19.8. The van der Waals surface area contributed by atoms with Crippen molar-refractivity contribution in [3.05, 3.63) is 71.1 Å². The third-order valence-corrected chi connectivity index (χ3v) is 4.85. The van der Waals surface area contributed by atoms with Gasteiger partial charge in [0.15, 0.2) is 0 Å². The average Bonchev–Trinajstić information content (AvgIpc) is 3.21. The molecular weight excluding hydrogens is 359 g/mol. The van der Waals surface area contributed by atoms with Gasteiger partial charge in [-0.25, -0.2) is 4.39 Å². The summed E-state index contributed by atoms with van der Waals surface area (Å²) in [7, 11) is 1.55. The highest BCUT2D eigenvalue weighted by Gasteiger charge is 2.43. The van der Waals surface area contributed by atoms with Gasteiger partial charge in [-0.1, -0.05) is 26.0 Å². The van der Waals surface area contributed by atoms with Gasteiger partial charge in [0.1, 0.15) is 17.3 Å². The Balaban J connectivity index is 1.88. The number of carbonyl (C=O) groups excluding carboxylic acids is 1. The lowest BCUT2D eigenvalue weighted by atomic mass is 9.95. The summed E-state index contributed by atoms with van der Waals surface area (Å²) < 4.78 is 18.8. The van der Waals surface area contributed by atoms with E-state index in [9.17, 15) is 9.18 Å². The van der Waals surface area contributed by atoms with Gasteiger partial charge in [-0.15, -0.1) is 0 Å². The van der Waals surface area contributed by atoms with Gasteiger partial charge in [0.25, 0.3) is 5.91 Å². The number of nitrogens with zero attached hydrogens (tertiary/aromatic N) is 3. The number of halogens is 1. The fraction of sp³-hybridized carbons (Fsp3) is 0.286. The molecule has 4 rings (SSSR count). The van der Waals surface area contributed by atoms with Crippen molar-refractivity contribution < 1.29 is 13.9 Å². The van der Waals surface area contributed by atoms with Gasteiger partial charge >= 0.3 is 0 Å². The third-order valence-electron chi connectivity index (χ3n) is 4.85. The SMILES string of the molecule is COc1cncc(N2C(=O)c3[nH]nc(CC(C)C)c3C2c2ccc(F)cc2)c1. The van der Waals surface area contributed by atoms with Crippen LogP contribution in [0.25, 0.3) is 0 Å². The van der Waals surface area contributed by atoms with Crippen LogP contribution in [0.3, 0.4) is 0 Å². The van der Waals surface area contributed by atoms with Gasteiger partial charge in [-0.2, -0.15) is 5.10 Å². The highest BCUT2D eigenvalue weighted by atomic mass is 19.1. The first-order chi connectivity index (χ1) is 13.5. The van der Waals surface area contributed by atoms with Gasteiger partial charge in [0, 0.05) is 11.6 Å². The molecule has 3 aromatic rings. The van der Waals surface area contributed by atoms with Crippen LogP contribution in [0.4, 0.5) is 10.1 Å². The minimum absolute atomic E-state index is 0.193. The molecule has 1 unspecified atom stereocenters. The molecule has 0 saturated carbocycles. The minimum Gasteiger partial charge on any atom is -0.495 e. The first kappa shape index (κ1) is 18.2. The number of H-pyrrole nitrogens is 1. The molecule has 1 aliphatic rings. The van der Waals surface area contributed by atoms with Crippen LogP contribution >= 0.6 is 0 Å². The molecular formula is C21H21FN4O2. The lowest BCUT2D eigenvalue weighted by Crippen LogP contribution is -2.29. The minimum atomic E-state index is -0.412. The molecule has 144 valence electrons. The van der Waals surface area contributed by atoms with Gasteiger partial charge in [0.2, 0.25) is 0 Å². The van der Waals surface area contributed by atoms with Gasteiger partial charge in [-0.05, 0) is 30.0 Å². The Kier molecular flexibility index (Phi) is 4.58. The standard InChI is InChI=1S/C21H21FN4O2/c1-12(2)8-17-18-19(25-24-17)21(27)26(15-9-16(28-3)11-23-10-15)20(18)13-4-6-14(22)7-5-13/h4-7,9-12,20H,8H2,1-3H3,(H,24,25). The maximum absolute atomic E-state index is 13.5. The van der Waals surface area contributed by atoms with Crippen LogP contribution in [0, 0.1) is 11.7 Å². The normalized spacial score (nSPS) is 16.0. The number of hydrogen-bond donors (Lipinski definition) is 1. The van der Waals surface area contributed by atoms with E-state index in [2.05, 4.69) is 29.0 Å². The smallest absolute Gasteiger partial charge is 0.277 e. The topological polar surface area (TPSA) is 71.1 Å². The third kappa shape index (κ3) is 3.02. The summed E-state index contributed by atoms with van der Waals surface area (Å²) in [5.41, 5.74) is 3.58. The Morgan fingerprint density at radius 3 is 2.68 bits per heavy atom. The molecule has 6 nitrogen and oxygen atoms in total. The number of ether oxygens (including phenoxy) is 1. The molecule has 0 fully saturated rings. The summed E-state index contributed by atoms with van der Waals surface area (Å²) in [5, 5.41) is 7.31. The van der Waals surface area contributed by atoms with Crippen molar-refractivity contribution in [3.63, 3.8) is 0 Å². The van der Waals surface area contributed by atoms with Crippen LogP contribution in [0.2, 0.25) is 0 Å². The first-order valence-corrected chi connectivity index (χ1v) is 9.14. The Morgan fingerprint density at radius 1 is 1.25 bits per heavy atom. The number of rotatable bonds is 5. The number of fused-ring (bicyclic) bond motifs is 1. The molecule has 0 spiro atoms. The molecule has 0 saturated heterocycles. The Bertz CT molecular complexity index is 1010. The van der Waals surface area contributed by atoms with Crippen molar-refractivity contribution in [2.24, 2.45) is 5.92 Å². The van der Waals surface area contributed by atoms with E-state index in [4.69, 9.17) is 4.74 Å². The fourth-order valence-corrected chi connectivity index (χ4v) is 3.63. The maximum Gasteiger partial charge on any atom is 0.277 e. The lowest BCUT2D eigenvalue weighted by molar-refractivity contribution is 0.0988. The van der Waals surface area contributed by atoms with Gasteiger partial charge < -0.3 is 4.74 Å². The number of nitrogens with one attached hydrogen (secondary N) is 1. The van der Waals surface area contributed by atoms with Crippen molar-refractivity contribution >= 4 is 11.6 Å². The number of hydrogen-bond acceptors (Lipinski definition) is 4. The van der Waals surface area contributed by atoms with Crippen LogP contribution in [0.5, 0.6) is 5.75 Å². The first-order valence-electron chi connectivity index (χ1n) is 9.14. The Labute approximate surface area is 162 Å². The average molecular weight is 380 g/mol. The summed E-state index contributed by atoms with van der Waals surface area (Å²) in [4.78, 5) is 19.1. The molecule has 3 heterocycles. The highest BCUT2D eigenvalue weighted by molar-refractivity contribution is 6.10. The second kappa shape index (κ2) is 7.07. The quantitative estimate of drug-likeness (QED) is 0.729. The summed E-state index contributed by atoms with van der Waals surface area (Å²) in [6.07, 6.45) is 3.95. The summed E-state index contributed by atoms with van der Waals surface area (Å²) >= 11 is 0. The molecule has 1 aromatic carbocycles. The van der Waals surface area contributed by atoms with Crippen LogP contribution in [0.1, 0.15) is 47.2 Å². The van der Waals surface area contributed by atoms with Crippen LogP contribution in [-0.2, 0) is 6.42 Å².